The number of benzene rings is 1. The summed E-state index contributed by atoms with van der Waals surface area (Å²) >= 11 is 0. The Kier molecular flexibility index (Phi) is 3.42. The number of nitrogens with one attached hydrogen (secondary N) is 1. The minimum Gasteiger partial charge on any atom is -0.314 e. The summed E-state index contributed by atoms with van der Waals surface area (Å²) in [5.74, 6) is 0.878. The minimum atomic E-state index is 0.702. The third-order valence-corrected chi connectivity index (χ3v) is 3.34. The molecule has 1 heterocycles. The van der Waals surface area contributed by atoms with E-state index in [1.807, 2.05) is 0 Å². The summed E-state index contributed by atoms with van der Waals surface area (Å²) in [6.07, 6.45) is 3.92. The van der Waals surface area contributed by atoms with Gasteiger partial charge in [0.2, 0.25) is 0 Å². The number of rotatable bonds is 2. The summed E-state index contributed by atoms with van der Waals surface area (Å²) in [5, 5.41) is 3.51. The van der Waals surface area contributed by atoms with Crippen molar-refractivity contribution in [3.63, 3.8) is 0 Å². The van der Waals surface area contributed by atoms with Crippen LogP contribution in [0.25, 0.3) is 0 Å². The summed E-state index contributed by atoms with van der Waals surface area (Å²) < 4.78 is 0. The van der Waals surface area contributed by atoms with Gasteiger partial charge < -0.3 is 5.32 Å². The standard InChI is InChI=1S/C14H21N/c1-11-4-3-5-13(8-11)10-14-6-7-15-12(2)9-14/h3-5,8,12,14-15H,6-7,9-10H2,1-2H3. The van der Waals surface area contributed by atoms with E-state index in [1.54, 1.807) is 0 Å². The fourth-order valence-electron chi connectivity index (χ4n) is 2.59. The molecular weight excluding hydrogens is 182 g/mol. The zero-order chi connectivity index (χ0) is 10.7. The van der Waals surface area contributed by atoms with E-state index in [9.17, 15) is 0 Å². The molecule has 2 atom stereocenters. The van der Waals surface area contributed by atoms with Crippen LogP contribution in [0.5, 0.6) is 0 Å². The quantitative estimate of drug-likeness (QED) is 0.779. The second-order valence-corrected chi connectivity index (χ2v) is 4.94. The van der Waals surface area contributed by atoms with E-state index in [-0.39, 0.29) is 0 Å². The van der Waals surface area contributed by atoms with Gasteiger partial charge in [-0.15, -0.1) is 0 Å². The number of aryl methyl sites for hydroxylation is 1. The Morgan fingerprint density at radius 2 is 2.27 bits per heavy atom. The molecule has 1 nitrogen and oxygen atoms in total. The fourth-order valence-corrected chi connectivity index (χ4v) is 2.59. The molecule has 0 bridgehead atoms. The first kappa shape index (κ1) is 10.7. The highest BCUT2D eigenvalue weighted by Gasteiger charge is 2.18. The van der Waals surface area contributed by atoms with Crippen molar-refractivity contribution in [2.45, 2.75) is 39.2 Å². The molecule has 82 valence electrons. The summed E-state index contributed by atoms with van der Waals surface area (Å²) in [4.78, 5) is 0. The fraction of sp³-hybridized carbons (Fsp3) is 0.571. The van der Waals surface area contributed by atoms with Gasteiger partial charge in [-0.25, -0.2) is 0 Å². The number of hydrogen-bond acceptors (Lipinski definition) is 1. The normalized spacial score (nSPS) is 26.5. The third kappa shape index (κ3) is 3.07. The summed E-state index contributed by atoms with van der Waals surface area (Å²) in [7, 11) is 0. The molecule has 1 fully saturated rings. The van der Waals surface area contributed by atoms with Crippen molar-refractivity contribution in [1.82, 2.24) is 5.32 Å². The Morgan fingerprint density at radius 1 is 1.40 bits per heavy atom. The molecule has 0 saturated carbocycles. The van der Waals surface area contributed by atoms with E-state index in [0.29, 0.717) is 6.04 Å². The van der Waals surface area contributed by atoms with Gasteiger partial charge in [-0.2, -0.15) is 0 Å². The van der Waals surface area contributed by atoms with Crippen molar-refractivity contribution in [1.29, 1.82) is 0 Å². The van der Waals surface area contributed by atoms with Crippen LogP contribution in [-0.4, -0.2) is 12.6 Å². The molecule has 1 aromatic carbocycles. The highest BCUT2D eigenvalue weighted by atomic mass is 14.9. The van der Waals surface area contributed by atoms with E-state index >= 15 is 0 Å². The van der Waals surface area contributed by atoms with E-state index in [4.69, 9.17) is 0 Å². The van der Waals surface area contributed by atoms with Gasteiger partial charge in [0.1, 0.15) is 0 Å². The predicted molar refractivity (Wildman–Crippen MR) is 65.1 cm³/mol. The number of hydrogen-bond donors (Lipinski definition) is 1. The van der Waals surface area contributed by atoms with Gasteiger partial charge in [-0.05, 0) is 51.1 Å². The Morgan fingerprint density at radius 3 is 3.00 bits per heavy atom. The Labute approximate surface area is 92.9 Å². The van der Waals surface area contributed by atoms with Gasteiger partial charge in [0.15, 0.2) is 0 Å². The van der Waals surface area contributed by atoms with Crippen LogP contribution >= 0.6 is 0 Å². The van der Waals surface area contributed by atoms with E-state index in [2.05, 4.69) is 43.4 Å². The lowest BCUT2D eigenvalue weighted by molar-refractivity contribution is 0.314. The van der Waals surface area contributed by atoms with Crippen molar-refractivity contribution >= 4 is 0 Å². The van der Waals surface area contributed by atoms with Gasteiger partial charge in [0.05, 0.1) is 0 Å². The van der Waals surface area contributed by atoms with Gasteiger partial charge in [-0.3, -0.25) is 0 Å². The Hall–Kier alpha value is -0.820. The summed E-state index contributed by atoms with van der Waals surface area (Å²) in [5.41, 5.74) is 2.89. The molecule has 1 heteroatoms. The smallest absolute Gasteiger partial charge is 0.00414 e. The van der Waals surface area contributed by atoms with Crippen LogP contribution < -0.4 is 5.32 Å². The van der Waals surface area contributed by atoms with Crippen LogP contribution in [0.3, 0.4) is 0 Å². The molecule has 1 aliphatic rings. The SMILES string of the molecule is Cc1cccc(CC2CCNC(C)C2)c1. The highest BCUT2D eigenvalue weighted by Crippen LogP contribution is 2.21. The molecule has 0 spiro atoms. The van der Waals surface area contributed by atoms with Crippen LogP contribution in [0, 0.1) is 12.8 Å². The van der Waals surface area contributed by atoms with Gasteiger partial charge >= 0.3 is 0 Å². The van der Waals surface area contributed by atoms with E-state index in [0.717, 1.165) is 5.92 Å². The van der Waals surface area contributed by atoms with Crippen LogP contribution in [0.1, 0.15) is 30.9 Å². The lowest BCUT2D eigenvalue weighted by Gasteiger charge is -2.28. The lowest BCUT2D eigenvalue weighted by Crippen LogP contribution is -2.36. The molecule has 0 aliphatic carbocycles. The zero-order valence-corrected chi connectivity index (χ0v) is 9.79. The molecule has 0 amide bonds. The summed E-state index contributed by atoms with van der Waals surface area (Å²) in [6.45, 7) is 5.66. The molecule has 2 unspecified atom stereocenters. The lowest BCUT2D eigenvalue weighted by atomic mass is 9.87. The highest BCUT2D eigenvalue weighted by molar-refractivity contribution is 5.22. The van der Waals surface area contributed by atoms with Crippen LogP contribution in [0.2, 0.25) is 0 Å². The monoisotopic (exact) mass is 203 g/mol. The topological polar surface area (TPSA) is 12.0 Å². The molecule has 2 rings (SSSR count). The maximum atomic E-state index is 3.51. The molecule has 1 aromatic rings. The first-order valence-electron chi connectivity index (χ1n) is 6.03. The average Bonchev–Trinajstić information content (AvgIpc) is 2.17. The van der Waals surface area contributed by atoms with Gasteiger partial charge in [0.25, 0.3) is 0 Å². The molecule has 1 aliphatic heterocycles. The molecular formula is C14H21N. The maximum absolute atomic E-state index is 3.51. The van der Waals surface area contributed by atoms with Crippen molar-refractivity contribution in [2.75, 3.05) is 6.54 Å². The third-order valence-electron chi connectivity index (χ3n) is 3.34. The first-order chi connectivity index (χ1) is 7.24. The minimum absolute atomic E-state index is 0.702. The van der Waals surface area contributed by atoms with Crippen molar-refractivity contribution in [2.24, 2.45) is 5.92 Å². The molecule has 1 N–H and O–H groups in total. The van der Waals surface area contributed by atoms with Crippen molar-refractivity contribution in [3.05, 3.63) is 35.4 Å². The van der Waals surface area contributed by atoms with Crippen molar-refractivity contribution < 1.29 is 0 Å². The van der Waals surface area contributed by atoms with Crippen molar-refractivity contribution in [3.8, 4) is 0 Å². The second-order valence-electron chi connectivity index (χ2n) is 4.94. The largest absolute Gasteiger partial charge is 0.314 e. The van der Waals surface area contributed by atoms with Gasteiger partial charge in [-0.1, -0.05) is 29.8 Å². The first-order valence-corrected chi connectivity index (χ1v) is 6.03. The molecule has 1 saturated heterocycles. The summed E-state index contributed by atoms with van der Waals surface area (Å²) in [6, 6.07) is 9.64. The van der Waals surface area contributed by atoms with E-state index < -0.39 is 0 Å². The average molecular weight is 203 g/mol. The van der Waals surface area contributed by atoms with E-state index in [1.165, 1.54) is 36.9 Å². The molecule has 15 heavy (non-hydrogen) atoms. The predicted octanol–water partition coefficient (Wildman–Crippen LogP) is 2.93. The second kappa shape index (κ2) is 4.80. The van der Waals surface area contributed by atoms with Gasteiger partial charge in [0, 0.05) is 6.04 Å². The molecule has 0 radical (unpaired) electrons. The Bertz CT molecular complexity index is 319. The van der Waals surface area contributed by atoms with Crippen LogP contribution in [-0.2, 0) is 6.42 Å². The molecule has 0 aromatic heterocycles. The maximum Gasteiger partial charge on any atom is 0.00414 e. The zero-order valence-electron chi connectivity index (χ0n) is 9.79. The van der Waals surface area contributed by atoms with Crippen LogP contribution in [0.4, 0.5) is 0 Å². The number of piperidine rings is 1. The van der Waals surface area contributed by atoms with Crippen LogP contribution in [0.15, 0.2) is 24.3 Å². The Balaban J connectivity index is 1.96.